The lowest BCUT2D eigenvalue weighted by Crippen LogP contribution is -2.35. The van der Waals surface area contributed by atoms with Crippen molar-refractivity contribution in [2.45, 2.75) is 25.7 Å². The second-order valence-electron chi connectivity index (χ2n) is 8.52. The molecular formula is C26H23F2N5O2. The number of carbonyl (C=O) groups is 2. The highest BCUT2D eigenvalue weighted by molar-refractivity contribution is 6.01. The van der Waals surface area contributed by atoms with E-state index in [0.29, 0.717) is 35.4 Å². The number of amides is 2. The van der Waals surface area contributed by atoms with Gasteiger partial charge in [-0.05, 0) is 55.2 Å². The highest BCUT2D eigenvalue weighted by Crippen LogP contribution is 2.29. The summed E-state index contributed by atoms with van der Waals surface area (Å²) in [6.45, 7) is 1.42. The van der Waals surface area contributed by atoms with E-state index in [1.165, 1.54) is 16.9 Å². The maximum absolute atomic E-state index is 14.9. The number of nitrogens with zero attached hydrogens (tertiary/aromatic N) is 4. The number of carbonyl (C=O) groups excluding carboxylic acids is 2. The first kappa shape index (κ1) is 22.6. The van der Waals surface area contributed by atoms with Crippen LogP contribution in [0, 0.1) is 11.6 Å². The van der Waals surface area contributed by atoms with Crippen molar-refractivity contribution in [2.75, 3.05) is 18.4 Å². The van der Waals surface area contributed by atoms with Crippen molar-refractivity contribution in [3.8, 4) is 11.3 Å². The molecule has 1 aliphatic rings. The van der Waals surface area contributed by atoms with Crippen LogP contribution >= 0.6 is 0 Å². The van der Waals surface area contributed by atoms with Crippen LogP contribution in [0.4, 0.5) is 14.5 Å². The van der Waals surface area contributed by atoms with Gasteiger partial charge in [0.05, 0.1) is 29.4 Å². The van der Waals surface area contributed by atoms with E-state index in [4.69, 9.17) is 0 Å². The van der Waals surface area contributed by atoms with Gasteiger partial charge in [0.2, 0.25) is 5.91 Å². The molecule has 0 spiro atoms. The van der Waals surface area contributed by atoms with Crippen LogP contribution in [0.25, 0.3) is 16.8 Å². The van der Waals surface area contributed by atoms with Gasteiger partial charge in [-0.3, -0.25) is 14.6 Å². The van der Waals surface area contributed by atoms with Gasteiger partial charge in [-0.2, -0.15) is 5.10 Å². The summed E-state index contributed by atoms with van der Waals surface area (Å²) in [5.74, 6) is -2.47. The molecule has 1 aromatic carbocycles. The maximum Gasteiger partial charge on any atom is 0.257 e. The Morgan fingerprint density at radius 3 is 2.46 bits per heavy atom. The molecule has 1 N–H and O–H groups in total. The van der Waals surface area contributed by atoms with Gasteiger partial charge in [-0.25, -0.2) is 13.3 Å². The van der Waals surface area contributed by atoms with E-state index in [9.17, 15) is 18.4 Å². The molecule has 2 amide bonds. The average molecular weight is 475 g/mol. The molecule has 1 fully saturated rings. The Kier molecular flexibility index (Phi) is 6.22. The first-order chi connectivity index (χ1) is 17.0. The van der Waals surface area contributed by atoms with Gasteiger partial charge in [0.25, 0.3) is 5.91 Å². The number of likely N-dealkylation sites (tertiary alicyclic amines) is 1. The van der Waals surface area contributed by atoms with Gasteiger partial charge in [0.15, 0.2) is 0 Å². The average Bonchev–Trinajstić information content (AvgIpc) is 3.31. The summed E-state index contributed by atoms with van der Waals surface area (Å²) < 4.78 is 31.3. The molecule has 7 nitrogen and oxygen atoms in total. The standard InChI is InChI=1S/C26H23F2N5O2/c27-20-13-18(14-21(28)25(20)31-24(34)12-17-6-5-9-29-15-17)22-7-4-8-23-19(16-30-33(22)23)26(35)32-10-2-1-3-11-32/h4-9,13-16H,1-3,10-12H2,(H,31,34). The largest absolute Gasteiger partial charge is 0.339 e. The number of halogens is 2. The molecule has 5 rings (SSSR count). The molecule has 1 saturated heterocycles. The molecule has 9 heteroatoms. The molecule has 0 saturated carbocycles. The molecule has 35 heavy (non-hydrogen) atoms. The van der Waals surface area contributed by atoms with E-state index in [-0.39, 0.29) is 17.9 Å². The van der Waals surface area contributed by atoms with Crippen molar-refractivity contribution in [1.29, 1.82) is 0 Å². The number of benzene rings is 1. The normalized spacial score (nSPS) is 13.7. The molecule has 0 bridgehead atoms. The fraction of sp³-hybridized carbons (Fsp3) is 0.231. The minimum Gasteiger partial charge on any atom is -0.339 e. The maximum atomic E-state index is 14.9. The van der Waals surface area contributed by atoms with Gasteiger partial charge in [-0.1, -0.05) is 12.1 Å². The quantitative estimate of drug-likeness (QED) is 0.462. The zero-order valence-corrected chi connectivity index (χ0v) is 18.9. The van der Waals surface area contributed by atoms with Crippen molar-refractivity contribution in [1.82, 2.24) is 19.5 Å². The summed E-state index contributed by atoms with van der Waals surface area (Å²) in [6.07, 6.45) is 7.58. The van der Waals surface area contributed by atoms with Gasteiger partial charge < -0.3 is 10.2 Å². The summed E-state index contributed by atoms with van der Waals surface area (Å²) in [7, 11) is 0. The van der Waals surface area contributed by atoms with Crippen LogP contribution < -0.4 is 5.32 Å². The van der Waals surface area contributed by atoms with Crippen molar-refractivity contribution < 1.29 is 18.4 Å². The molecule has 4 aromatic rings. The van der Waals surface area contributed by atoms with E-state index in [0.717, 1.165) is 31.4 Å². The SMILES string of the molecule is O=C(Cc1cccnc1)Nc1c(F)cc(-c2cccc3c(C(=O)N4CCCCC4)cnn23)cc1F. The van der Waals surface area contributed by atoms with Crippen molar-refractivity contribution in [3.63, 3.8) is 0 Å². The van der Waals surface area contributed by atoms with Crippen molar-refractivity contribution in [2.24, 2.45) is 0 Å². The number of fused-ring (bicyclic) bond motifs is 1. The zero-order chi connectivity index (χ0) is 24.4. The lowest BCUT2D eigenvalue weighted by atomic mass is 10.1. The van der Waals surface area contributed by atoms with E-state index < -0.39 is 23.2 Å². The van der Waals surface area contributed by atoms with Gasteiger partial charge in [0.1, 0.15) is 17.3 Å². The molecule has 4 heterocycles. The first-order valence-electron chi connectivity index (χ1n) is 11.5. The molecule has 3 aromatic heterocycles. The van der Waals surface area contributed by atoms with E-state index in [2.05, 4.69) is 15.4 Å². The number of piperidine rings is 1. The molecule has 0 aliphatic carbocycles. The van der Waals surface area contributed by atoms with Crippen molar-refractivity contribution in [3.05, 3.63) is 83.8 Å². The Balaban J connectivity index is 1.42. The lowest BCUT2D eigenvalue weighted by Gasteiger charge is -2.26. The van der Waals surface area contributed by atoms with Gasteiger partial charge in [0, 0.05) is 31.0 Å². The Morgan fingerprint density at radius 1 is 0.971 bits per heavy atom. The van der Waals surface area contributed by atoms with E-state index in [1.807, 2.05) is 4.90 Å². The second-order valence-corrected chi connectivity index (χ2v) is 8.52. The van der Waals surface area contributed by atoms with E-state index in [1.54, 1.807) is 36.5 Å². The molecule has 178 valence electrons. The Hall–Kier alpha value is -4.14. The van der Waals surface area contributed by atoms with Crippen LogP contribution in [0.2, 0.25) is 0 Å². The minimum atomic E-state index is -0.909. The molecule has 0 unspecified atom stereocenters. The Morgan fingerprint density at radius 2 is 1.74 bits per heavy atom. The summed E-state index contributed by atoms with van der Waals surface area (Å²) in [6, 6.07) is 10.8. The minimum absolute atomic E-state index is 0.0606. The number of anilines is 1. The van der Waals surface area contributed by atoms with Crippen LogP contribution in [-0.4, -0.2) is 44.4 Å². The van der Waals surface area contributed by atoms with Crippen LogP contribution in [-0.2, 0) is 11.2 Å². The molecule has 0 atom stereocenters. The number of hydrogen-bond donors (Lipinski definition) is 1. The Bertz CT molecular complexity index is 1370. The summed E-state index contributed by atoms with van der Waals surface area (Å²) in [5.41, 5.74) is 1.78. The first-order valence-corrected chi connectivity index (χ1v) is 11.5. The number of nitrogens with one attached hydrogen (secondary N) is 1. The highest BCUT2D eigenvalue weighted by Gasteiger charge is 2.23. The monoisotopic (exact) mass is 475 g/mol. The van der Waals surface area contributed by atoms with E-state index >= 15 is 0 Å². The predicted molar refractivity (Wildman–Crippen MR) is 127 cm³/mol. The third kappa shape index (κ3) is 4.62. The van der Waals surface area contributed by atoms with Gasteiger partial charge >= 0.3 is 0 Å². The van der Waals surface area contributed by atoms with Crippen molar-refractivity contribution >= 4 is 23.0 Å². The Labute approximate surface area is 200 Å². The van der Waals surface area contributed by atoms with Gasteiger partial charge in [-0.15, -0.1) is 0 Å². The molecule has 0 radical (unpaired) electrons. The van der Waals surface area contributed by atoms with Crippen LogP contribution in [0.1, 0.15) is 35.2 Å². The smallest absolute Gasteiger partial charge is 0.257 e. The molecule has 1 aliphatic heterocycles. The second kappa shape index (κ2) is 9.61. The highest BCUT2D eigenvalue weighted by atomic mass is 19.1. The lowest BCUT2D eigenvalue weighted by molar-refractivity contribution is -0.115. The van der Waals surface area contributed by atoms with Crippen LogP contribution in [0.5, 0.6) is 0 Å². The third-order valence-electron chi connectivity index (χ3n) is 6.11. The topological polar surface area (TPSA) is 79.6 Å². The fourth-order valence-corrected chi connectivity index (χ4v) is 4.37. The number of pyridine rings is 2. The number of aromatic nitrogens is 3. The van der Waals surface area contributed by atoms with Crippen LogP contribution in [0.15, 0.2) is 61.1 Å². The predicted octanol–water partition coefficient (Wildman–Crippen LogP) is 4.48. The summed E-state index contributed by atoms with van der Waals surface area (Å²) >= 11 is 0. The number of rotatable bonds is 5. The summed E-state index contributed by atoms with van der Waals surface area (Å²) in [4.78, 5) is 31.1. The number of hydrogen-bond acceptors (Lipinski definition) is 4. The zero-order valence-electron chi connectivity index (χ0n) is 18.9. The molecular weight excluding hydrogens is 452 g/mol. The van der Waals surface area contributed by atoms with Crippen LogP contribution in [0.3, 0.4) is 0 Å². The fourth-order valence-electron chi connectivity index (χ4n) is 4.37. The third-order valence-corrected chi connectivity index (χ3v) is 6.11. The summed E-state index contributed by atoms with van der Waals surface area (Å²) in [5, 5.41) is 6.65.